The van der Waals surface area contributed by atoms with Crippen molar-refractivity contribution in [3.63, 3.8) is 0 Å². The van der Waals surface area contributed by atoms with Gasteiger partial charge in [0.05, 0.1) is 0 Å². The molecule has 0 amide bonds. The first-order chi connectivity index (χ1) is 27.3. The lowest BCUT2D eigenvalue weighted by Crippen LogP contribution is -2.02. The predicted octanol–water partition coefficient (Wildman–Crippen LogP) is 14.0. The highest BCUT2D eigenvalue weighted by molar-refractivity contribution is 7.26. The fourth-order valence-corrected chi connectivity index (χ4v) is 9.48. The maximum absolute atomic E-state index is 5.47. The molecule has 0 saturated heterocycles. The van der Waals surface area contributed by atoms with Crippen molar-refractivity contribution in [1.82, 2.24) is 15.0 Å². The Labute approximate surface area is 321 Å². The molecule has 0 N–H and O–H groups in total. The van der Waals surface area contributed by atoms with Crippen LogP contribution in [0.15, 0.2) is 188 Å². The molecule has 11 aromatic rings. The van der Waals surface area contributed by atoms with E-state index in [0.29, 0.717) is 17.5 Å². The molecule has 256 valence electrons. The molecule has 0 saturated carbocycles. The van der Waals surface area contributed by atoms with Gasteiger partial charge in [-0.3, -0.25) is 0 Å². The topological polar surface area (TPSA) is 38.7 Å². The molecule has 55 heavy (non-hydrogen) atoms. The van der Waals surface area contributed by atoms with Crippen LogP contribution in [0.5, 0.6) is 0 Å². The third-order valence-electron chi connectivity index (χ3n) is 10.7. The molecule has 0 aliphatic rings. The second-order valence-electron chi connectivity index (χ2n) is 13.9. The van der Waals surface area contributed by atoms with Crippen LogP contribution >= 0.6 is 11.3 Å². The third-order valence-corrected chi connectivity index (χ3v) is 11.9. The maximum atomic E-state index is 5.47. The summed E-state index contributed by atoms with van der Waals surface area (Å²) in [6.45, 7) is 0. The summed E-state index contributed by atoms with van der Waals surface area (Å²) in [4.78, 5) is 16.2. The first-order valence-electron chi connectivity index (χ1n) is 18.5. The van der Waals surface area contributed by atoms with Crippen molar-refractivity contribution in [2.75, 3.05) is 0 Å². The Balaban J connectivity index is 1.24. The van der Waals surface area contributed by atoms with Crippen molar-refractivity contribution in [1.29, 1.82) is 0 Å². The van der Waals surface area contributed by atoms with Gasteiger partial charge in [0.1, 0.15) is 0 Å². The summed E-state index contributed by atoms with van der Waals surface area (Å²) in [5.41, 5.74) is 7.69. The number of hydrogen-bond donors (Lipinski definition) is 0. The fraction of sp³-hybridized carbons (Fsp3) is 0. The first-order valence-corrected chi connectivity index (χ1v) is 19.3. The standard InChI is InChI=1S/C51H31N3S/c1-3-14-32(15-4-1)33-26-28-36(29-27-33)49-52-50(42-24-13-23-38-37-19-8-7-16-34(37)30-31-39(38)42)54-51(53-49)47-41-21-10-9-20-40(41)45(35-17-5-2-6-18-35)48-46(47)43-22-11-12-25-44(43)55-48/h1-31H. The number of rotatable bonds is 5. The van der Waals surface area contributed by atoms with Gasteiger partial charge in [-0.1, -0.05) is 182 Å². The monoisotopic (exact) mass is 717 g/mol. The van der Waals surface area contributed by atoms with E-state index < -0.39 is 0 Å². The number of aromatic nitrogens is 3. The van der Waals surface area contributed by atoms with Crippen molar-refractivity contribution in [2.45, 2.75) is 0 Å². The molecule has 0 spiro atoms. The number of fused-ring (bicyclic) bond motifs is 7. The molecule has 4 heteroatoms. The van der Waals surface area contributed by atoms with E-state index in [1.54, 1.807) is 0 Å². The quantitative estimate of drug-likeness (QED) is 0.166. The average molecular weight is 718 g/mol. The highest BCUT2D eigenvalue weighted by atomic mass is 32.1. The molecule has 0 unspecified atom stereocenters. The van der Waals surface area contributed by atoms with Gasteiger partial charge in [-0.15, -0.1) is 11.3 Å². The number of hydrogen-bond acceptors (Lipinski definition) is 4. The minimum atomic E-state index is 0.640. The van der Waals surface area contributed by atoms with Gasteiger partial charge >= 0.3 is 0 Å². The normalized spacial score (nSPS) is 11.6. The summed E-state index contributed by atoms with van der Waals surface area (Å²) in [6, 6.07) is 66.7. The number of nitrogens with zero attached hydrogens (tertiary/aromatic N) is 3. The summed E-state index contributed by atoms with van der Waals surface area (Å²) >= 11 is 1.84. The fourth-order valence-electron chi connectivity index (χ4n) is 8.18. The van der Waals surface area contributed by atoms with Gasteiger partial charge in [0, 0.05) is 42.4 Å². The van der Waals surface area contributed by atoms with Crippen LogP contribution in [0.3, 0.4) is 0 Å². The van der Waals surface area contributed by atoms with E-state index in [1.165, 1.54) is 58.4 Å². The SMILES string of the molecule is c1ccc(-c2ccc(-c3nc(-c4cccc5c4ccc4ccccc45)nc(-c4c5ccccc5c(-c5ccccc5)c5sc6ccccc6c45)n3)cc2)cc1. The Morgan fingerprint density at radius 3 is 1.65 bits per heavy atom. The van der Waals surface area contributed by atoms with Crippen LogP contribution in [0.1, 0.15) is 0 Å². The van der Waals surface area contributed by atoms with E-state index in [4.69, 9.17) is 15.0 Å². The lowest BCUT2D eigenvalue weighted by molar-refractivity contribution is 1.08. The van der Waals surface area contributed by atoms with Gasteiger partial charge in [0.15, 0.2) is 17.5 Å². The Bertz CT molecular complexity index is 3240. The summed E-state index contributed by atoms with van der Waals surface area (Å²) in [7, 11) is 0. The Hall–Kier alpha value is -7.01. The van der Waals surface area contributed by atoms with E-state index >= 15 is 0 Å². The first kappa shape index (κ1) is 31.5. The molecule has 0 aliphatic heterocycles. The van der Waals surface area contributed by atoms with Crippen molar-refractivity contribution in [3.05, 3.63) is 188 Å². The van der Waals surface area contributed by atoms with E-state index in [1.807, 2.05) is 17.4 Å². The minimum absolute atomic E-state index is 0.640. The van der Waals surface area contributed by atoms with E-state index in [0.717, 1.165) is 33.0 Å². The smallest absolute Gasteiger partial charge is 0.165 e. The summed E-state index contributed by atoms with van der Waals surface area (Å²) < 4.78 is 2.46. The van der Waals surface area contributed by atoms with Crippen LogP contribution < -0.4 is 0 Å². The Kier molecular flexibility index (Phi) is 7.35. The molecule has 3 nitrogen and oxygen atoms in total. The molecule has 0 bridgehead atoms. The molecule has 11 rings (SSSR count). The maximum Gasteiger partial charge on any atom is 0.165 e. The van der Waals surface area contributed by atoms with Crippen molar-refractivity contribution in [3.8, 4) is 56.4 Å². The number of benzene rings is 9. The largest absolute Gasteiger partial charge is 0.208 e. The van der Waals surface area contributed by atoms with Crippen LogP contribution in [0.2, 0.25) is 0 Å². The Morgan fingerprint density at radius 2 is 0.873 bits per heavy atom. The summed E-state index contributed by atoms with van der Waals surface area (Å²) in [6.07, 6.45) is 0. The zero-order chi connectivity index (χ0) is 36.3. The van der Waals surface area contributed by atoms with Crippen molar-refractivity contribution in [2.24, 2.45) is 0 Å². The van der Waals surface area contributed by atoms with Gasteiger partial charge in [0.25, 0.3) is 0 Å². The van der Waals surface area contributed by atoms with Crippen LogP contribution in [-0.4, -0.2) is 15.0 Å². The predicted molar refractivity (Wildman–Crippen MR) is 232 cm³/mol. The zero-order valence-electron chi connectivity index (χ0n) is 29.6. The van der Waals surface area contributed by atoms with Crippen molar-refractivity contribution >= 4 is 63.8 Å². The molecule has 0 aliphatic carbocycles. The second-order valence-corrected chi connectivity index (χ2v) is 15.0. The lowest BCUT2D eigenvalue weighted by atomic mass is 9.91. The molecule has 0 radical (unpaired) electrons. The highest BCUT2D eigenvalue weighted by Gasteiger charge is 2.24. The van der Waals surface area contributed by atoms with E-state index in [2.05, 4.69) is 182 Å². The molecule has 9 aromatic carbocycles. The average Bonchev–Trinajstić information content (AvgIpc) is 3.64. The number of thiophene rings is 1. The second kappa shape index (κ2) is 12.8. The zero-order valence-corrected chi connectivity index (χ0v) is 30.5. The van der Waals surface area contributed by atoms with E-state index in [-0.39, 0.29) is 0 Å². The van der Waals surface area contributed by atoms with Gasteiger partial charge in [-0.2, -0.15) is 0 Å². The van der Waals surface area contributed by atoms with Crippen LogP contribution in [0, 0.1) is 0 Å². The summed E-state index contributed by atoms with van der Waals surface area (Å²) in [5.74, 6) is 1.95. The highest BCUT2D eigenvalue weighted by Crippen LogP contribution is 2.49. The van der Waals surface area contributed by atoms with Crippen LogP contribution in [0.25, 0.3) is 109 Å². The molecule has 0 atom stereocenters. The molecule has 2 heterocycles. The van der Waals surface area contributed by atoms with Crippen molar-refractivity contribution < 1.29 is 0 Å². The van der Waals surface area contributed by atoms with Gasteiger partial charge in [-0.25, -0.2) is 15.0 Å². The minimum Gasteiger partial charge on any atom is -0.208 e. The van der Waals surface area contributed by atoms with Crippen LogP contribution in [-0.2, 0) is 0 Å². The summed E-state index contributed by atoms with van der Waals surface area (Å²) in [5, 5.41) is 9.37. The molecular formula is C51H31N3S. The van der Waals surface area contributed by atoms with Gasteiger partial charge in [-0.05, 0) is 55.1 Å². The molecular weight excluding hydrogens is 687 g/mol. The lowest BCUT2D eigenvalue weighted by Gasteiger charge is -2.16. The third kappa shape index (κ3) is 5.22. The van der Waals surface area contributed by atoms with Gasteiger partial charge in [0.2, 0.25) is 0 Å². The van der Waals surface area contributed by atoms with Gasteiger partial charge < -0.3 is 0 Å². The molecule has 0 fully saturated rings. The van der Waals surface area contributed by atoms with E-state index in [9.17, 15) is 0 Å². The molecule has 2 aromatic heterocycles. The van der Waals surface area contributed by atoms with Crippen LogP contribution in [0.4, 0.5) is 0 Å². The Morgan fingerprint density at radius 1 is 0.309 bits per heavy atom.